The van der Waals surface area contributed by atoms with E-state index in [-0.39, 0.29) is 24.0 Å². The summed E-state index contributed by atoms with van der Waals surface area (Å²) in [6, 6.07) is 12.2. The molecule has 3 rings (SSSR count). The van der Waals surface area contributed by atoms with Gasteiger partial charge in [-0.15, -0.1) is 24.0 Å². The van der Waals surface area contributed by atoms with Gasteiger partial charge in [-0.2, -0.15) is 5.10 Å². The Balaban J connectivity index is 0.00000320. The second-order valence-electron chi connectivity index (χ2n) is 6.90. The highest BCUT2D eigenvalue weighted by atomic mass is 127. The third-order valence-corrected chi connectivity index (χ3v) is 4.85. The molecule has 3 aromatic rings. The first kappa shape index (κ1) is 23.9. The Hall–Kier alpha value is -2.36. The summed E-state index contributed by atoms with van der Waals surface area (Å²) in [5.74, 6) is 2.02. The van der Waals surface area contributed by atoms with Gasteiger partial charge < -0.3 is 15.2 Å². The molecule has 0 bridgehead atoms. The van der Waals surface area contributed by atoms with Crippen molar-refractivity contribution in [2.45, 2.75) is 52.6 Å². The molecule has 8 heteroatoms. The van der Waals surface area contributed by atoms with Gasteiger partial charge in [0, 0.05) is 30.9 Å². The maximum Gasteiger partial charge on any atom is 0.191 e. The van der Waals surface area contributed by atoms with E-state index in [2.05, 4.69) is 53.8 Å². The number of rotatable bonds is 9. The molecular formula is C22H31IN6O. The normalized spacial score (nSPS) is 11.4. The lowest BCUT2D eigenvalue weighted by molar-refractivity contribution is 0.368. The SMILES string of the molecule is CCNC(=NCc1cccc(-n2cccn2)c1)NCc1cc(C(CC)CC)no1.I. The fourth-order valence-electron chi connectivity index (χ4n) is 3.21. The third kappa shape index (κ3) is 6.58. The van der Waals surface area contributed by atoms with Crippen LogP contribution >= 0.6 is 24.0 Å². The molecule has 0 aliphatic rings. The molecule has 0 saturated carbocycles. The van der Waals surface area contributed by atoms with Gasteiger partial charge in [-0.05, 0) is 43.5 Å². The van der Waals surface area contributed by atoms with Gasteiger partial charge in [0.15, 0.2) is 11.7 Å². The lowest BCUT2D eigenvalue weighted by Crippen LogP contribution is -2.36. The van der Waals surface area contributed by atoms with Crippen LogP contribution in [-0.2, 0) is 13.1 Å². The van der Waals surface area contributed by atoms with E-state index in [1.807, 2.05) is 35.1 Å². The number of hydrogen-bond donors (Lipinski definition) is 2. The van der Waals surface area contributed by atoms with Crippen molar-refractivity contribution in [2.24, 2.45) is 4.99 Å². The molecule has 0 radical (unpaired) electrons. The molecule has 0 atom stereocenters. The van der Waals surface area contributed by atoms with Crippen molar-refractivity contribution in [2.75, 3.05) is 6.54 Å². The molecule has 0 amide bonds. The number of hydrogen-bond acceptors (Lipinski definition) is 4. The lowest BCUT2D eigenvalue weighted by Gasteiger charge is -2.10. The number of nitrogens with one attached hydrogen (secondary N) is 2. The van der Waals surface area contributed by atoms with Gasteiger partial charge >= 0.3 is 0 Å². The van der Waals surface area contributed by atoms with E-state index < -0.39 is 0 Å². The Labute approximate surface area is 195 Å². The molecule has 0 aliphatic carbocycles. The number of nitrogens with zero attached hydrogens (tertiary/aromatic N) is 4. The zero-order chi connectivity index (χ0) is 20.5. The second-order valence-corrected chi connectivity index (χ2v) is 6.90. The van der Waals surface area contributed by atoms with Crippen molar-refractivity contribution in [3.63, 3.8) is 0 Å². The minimum Gasteiger partial charge on any atom is -0.359 e. The number of benzene rings is 1. The number of aromatic nitrogens is 3. The van der Waals surface area contributed by atoms with Crippen molar-refractivity contribution < 1.29 is 4.52 Å². The van der Waals surface area contributed by atoms with Crippen LogP contribution in [0.5, 0.6) is 0 Å². The minimum absolute atomic E-state index is 0. The zero-order valence-corrected chi connectivity index (χ0v) is 20.2. The van der Waals surface area contributed by atoms with Gasteiger partial charge in [-0.3, -0.25) is 0 Å². The fourth-order valence-corrected chi connectivity index (χ4v) is 3.21. The molecule has 162 valence electrons. The molecule has 7 nitrogen and oxygen atoms in total. The first-order valence-corrected chi connectivity index (χ1v) is 10.3. The fraction of sp³-hybridized carbons (Fsp3) is 0.409. The number of guanidine groups is 1. The van der Waals surface area contributed by atoms with E-state index in [0.717, 1.165) is 48.1 Å². The number of aliphatic imine (C=N–C) groups is 1. The number of halogens is 1. The van der Waals surface area contributed by atoms with Crippen LogP contribution in [0.4, 0.5) is 0 Å². The van der Waals surface area contributed by atoms with E-state index in [4.69, 9.17) is 9.52 Å². The maximum absolute atomic E-state index is 5.49. The Kier molecular flexibility index (Phi) is 9.85. The molecule has 0 fully saturated rings. The maximum atomic E-state index is 5.49. The average molecular weight is 522 g/mol. The molecule has 0 unspecified atom stereocenters. The second kappa shape index (κ2) is 12.4. The summed E-state index contributed by atoms with van der Waals surface area (Å²) >= 11 is 0. The molecule has 0 saturated heterocycles. The first-order chi connectivity index (χ1) is 14.2. The average Bonchev–Trinajstić information content (AvgIpc) is 3.44. The van der Waals surface area contributed by atoms with Crippen molar-refractivity contribution in [3.05, 3.63) is 65.8 Å². The van der Waals surface area contributed by atoms with Crippen LogP contribution in [-0.4, -0.2) is 27.4 Å². The van der Waals surface area contributed by atoms with Crippen molar-refractivity contribution in [1.82, 2.24) is 25.6 Å². The summed E-state index contributed by atoms with van der Waals surface area (Å²) < 4.78 is 7.34. The summed E-state index contributed by atoms with van der Waals surface area (Å²) in [7, 11) is 0. The highest BCUT2D eigenvalue weighted by Crippen LogP contribution is 2.22. The van der Waals surface area contributed by atoms with Crippen LogP contribution < -0.4 is 10.6 Å². The first-order valence-electron chi connectivity index (χ1n) is 10.3. The summed E-state index contributed by atoms with van der Waals surface area (Å²) in [6.45, 7) is 8.31. The summed E-state index contributed by atoms with van der Waals surface area (Å²) in [5.41, 5.74) is 3.17. The summed E-state index contributed by atoms with van der Waals surface area (Å²) in [4.78, 5) is 4.70. The van der Waals surface area contributed by atoms with Gasteiger partial charge in [0.05, 0.1) is 24.5 Å². The molecule has 2 aromatic heterocycles. The summed E-state index contributed by atoms with van der Waals surface area (Å²) in [5, 5.41) is 15.1. The van der Waals surface area contributed by atoms with E-state index >= 15 is 0 Å². The highest BCUT2D eigenvalue weighted by molar-refractivity contribution is 14.0. The predicted octanol–water partition coefficient (Wildman–Crippen LogP) is 4.64. The molecule has 30 heavy (non-hydrogen) atoms. The van der Waals surface area contributed by atoms with Crippen molar-refractivity contribution in [1.29, 1.82) is 0 Å². The van der Waals surface area contributed by atoms with Gasteiger partial charge in [-0.1, -0.05) is 31.1 Å². The topological polar surface area (TPSA) is 80.3 Å². The quantitative estimate of drug-likeness (QED) is 0.243. The van der Waals surface area contributed by atoms with Crippen molar-refractivity contribution in [3.8, 4) is 5.69 Å². The van der Waals surface area contributed by atoms with Gasteiger partial charge in [0.25, 0.3) is 0 Å². The molecular weight excluding hydrogens is 491 g/mol. The van der Waals surface area contributed by atoms with Crippen LogP contribution in [0.1, 0.15) is 56.5 Å². The van der Waals surface area contributed by atoms with Crippen LogP contribution in [0.15, 0.2) is 58.3 Å². The molecule has 0 aliphatic heterocycles. The van der Waals surface area contributed by atoms with Crippen LogP contribution in [0.25, 0.3) is 5.69 Å². The summed E-state index contributed by atoms with van der Waals surface area (Å²) in [6.07, 6.45) is 5.84. The van der Waals surface area contributed by atoms with Crippen LogP contribution in [0.2, 0.25) is 0 Å². The smallest absolute Gasteiger partial charge is 0.191 e. The van der Waals surface area contributed by atoms with Crippen LogP contribution in [0, 0.1) is 0 Å². The van der Waals surface area contributed by atoms with E-state index in [1.54, 1.807) is 6.20 Å². The monoisotopic (exact) mass is 522 g/mol. The van der Waals surface area contributed by atoms with E-state index in [0.29, 0.717) is 19.0 Å². The van der Waals surface area contributed by atoms with Gasteiger partial charge in [0.1, 0.15) is 0 Å². The Morgan fingerprint density at radius 3 is 2.67 bits per heavy atom. The predicted molar refractivity (Wildman–Crippen MR) is 130 cm³/mol. The standard InChI is InChI=1S/C22H30N6O.HI/c1-4-18(5-2)21-14-20(29-27-21)16-25-22(23-6-3)24-15-17-9-7-10-19(13-17)28-12-8-11-26-28;/h7-14,18H,4-6,15-16H2,1-3H3,(H2,23,24,25);1H. The van der Waals surface area contributed by atoms with Crippen molar-refractivity contribution >= 4 is 29.9 Å². The molecule has 0 spiro atoms. The zero-order valence-electron chi connectivity index (χ0n) is 17.8. The Bertz CT molecular complexity index is 902. The largest absolute Gasteiger partial charge is 0.359 e. The van der Waals surface area contributed by atoms with E-state index in [1.165, 1.54) is 0 Å². The Morgan fingerprint density at radius 1 is 1.13 bits per heavy atom. The highest BCUT2D eigenvalue weighted by Gasteiger charge is 2.13. The lowest BCUT2D eigenvalue weighted by atomic mass is 9.99. The van der Waals surface area contributed by atoms with Crippen LogP contribution in [0.3, 0.4) is 0 Å². The van der Waals surface area contributed by atoms with Gasteiger partial charge in [0.2, 0.25) is 0 Å². The third-order valence-electron chi connectivity index (χ3n) is 4.85. The minimum atomic E-state index is 0. The van der Waals surface area contributed by atoms with Gasteiger partial charge in [-0.25, -0.2) is 9.67 Å². The molecule has 2 heterocycles. The Morgan fingerprint density at radius 2 is 1.97 bits per heavy atom. The molecule has 1 aromatic carbocycles. The van der Waals surface area contributed by atoms with E-state index in [9.17, 15) is 0 Å². The molecule has 2 N–H and O–H groups in total.